The van der Waals surface area contributed by atoms with Crippen LogP contribution in [0, 0.1) is 0 Å². The van der Waals surface area contributed by atoms with Gasteiger partial charge in [0.15, 0.2) is 11.8 Å². The largest absolute Gasteiger partial charge is 0.507 e. The molecule has 148 valence electrons. The molecule has 0 saturated carbocycles. The molecule has 0 aliphatic carbocycles. The lowest BCUT2D eigenvalue weighted by molar-refractivity contribution is -0.139. The number of carbonyl (C=O) groups is 3. The number of benzene rings is 2. The number of nitrogens with zero attached hydrogens (tertiary/aromatic N) is 1. The van der Waals surface area contributed by atoms with Crippen LogP contribution in [-0.4, -0.2) is 44.9 Å². The van der Waals surface area contributed by atoms with Gasteiger partial charge in [0.25, 0.3) is 5.91 Å². The van der Waals surface area contributed by atoms with E-state index in [1.54, 1.807) is 30.3 Å². The normalized spacial score (nSPS) is 16.1. The van der Waals surface area contributed by atoms with Gasteiger partial charge >= 0.3 is 11.9 Å². The van der Waals surface area contributed by atoms with Crippen LogP contribution in [0.25, 0.3) is 6.08 Å². The number of amides is 1. The molecule has 0 spiro atoms. The molecule has 10 heteroatoms. The second kappa shape index (κ2) is 8.48. The van der Waals surface area contributed by atoms with Crippen LogP contribution in [0.15, 0.2) is 52.4 Å². The molecule has 4 N–H and O–H groups in total. The first-order valence-electron chi connectivity index (χ1n) is 8.12. The number of hydrogen-bond acceptors (Lipinski definition) is 7. The average molecular weight is 414 g/mol. The van der Waals surface area contributed by atoms with Gasteiger partial charge in [0.1, 0.15) is 17.1 Å². The maximum absolute atomic E-state index is 12.1. The van der Waals surface area contributed by atoms with Gasteiger partial charge in [-0.3, -0.25) is 4.79 Å². The van der Waals surface area contributed by atoms with Crippen molar-refractivity contribution in [2.75, 3.05) is 6.61 Å². The summed E-state index contributed by atoms with van der Waals surface area (Å²) in [6.45, 7) is -0.445. The molecule has 1 amide bonds. The molecule has 9 nitrogen and oxygen atoms in total. The van der Waals surface area contributed by atoms with E-state index >= 15 is 0 Å². The topological polar surface area (TPSA) is 146 Å². The number of aromatic carboxylic acids is 1. The number of rotatable bonds is 6. The van der Waals surface area contributed by atoms with E-state index in [-0.39, 0.29) is 28.1 Å². The van der Waals surface area contributed by atoms with Crippen LogP contribution in [-0.2, 0) is 9.59 Å². The lowest BCUT2D eigenvalue weighted by atomic mass is 10.2. The Hall–Kier alpha value is -3.79. The Bertz CT molecular complexity index is 1050. The van der Waals surface area contributed by atoms with Gasteiger partial charge in [0.2, 0.25) is 0 Å². The van der Waals surface area contributed by atoms with Crippen LogP contribution >= 0.6 is 11.8 Å². The van der Waals surface area contributed by atoms with Gasteiger partial charge in [-0.15, -0.1) is 0 Å². The minimum Gasteiger partial charge on any atom is -0.507 e. The maximum Gasteiger partial charge on any atom is 0.341 e. The standard InChI is InChI=1S/C19H14N2O7S/c22-14-6-3-11(8-13(14)18(26)27)20-19-21-17(25)15(29-19)7-10-1-4-12(5-2-10)28-9-16(23)24/h1-8,22H,9H2,(H,23,24)(H,26,27)(H,20,21,25)/b15-7-. The third kappa shape index (κ3) is 5.14. The fourth-order valence-electron chi connectivity index (χ4n) is 2.32. The third-order valence-electron chi connectivity index (χ3n) is 3.63. The summed E-state index contributed by atoms with van der Waals surface area (Å²) in [5.74, 6) is -2.71. The fraction of sp³-hybridized carbons (Fsp3) is 0.0526. The minimum absolute atomic E-state index is 0.268. The zero-order valence-corrected chi connectivity index (χ0v) is 15.5. The first-order valence-corrected chi connectivity index (χ1v) is 8.94. The number of nitrogens with one attached hydrogen (secondary N) is 1. The molecular weight excluding hydrogens is 400 g/mol. The fourth-order valence-corrected chi connectivity index (χ4v) is 3.16. The van der Waals surface area contributed by atoms with Gasteiger partial charge in [-0.05, 0) is 53.7 Å². The Kier molecular flexibility index (Phi) is 5.84. The molecule has 1 saturated heterocycles. The van der Waals surface area contributed by atoms with Gasteiger partial charge in [-0.2, -0.15) is 0 Å². The number of amidine groups is 1. The molecule has 3 rings (SSSR count). The van der Waals surface area contributed by atoms with Crippen molar-refractivity contribution in [3.05, 3.63) is 58.5 Å². The zero-order valence-electron chi connectivity index (χ0n) is 14.7. The number of aliphatic carboxylic acids is 1. The number of thioether (sulfide) groups is 1. The van der Waals surface area contributed by atoms with Crippen LogP contribution in [0.3, 0.4) is 0 Å². The van der Waals surface area contributed by atoms with Crippen LogP contribution in [0.1, 0.15) is 15.9 Å². The molecular formula is C19H14N2O7S. The molecule has 29 heavy (non-hydrogen) atoms. The summed E-state index contributed by atoms with van der Waals surface area (Å²) in [5, 5.41) is 30.0. The van der Waals surface area contributed by atoms with E-state index in [0.717, 1.165) is 11.8 Å². The highest BCUT2D eigenvalue weighted by molar-refractivity contribution is 8.18. The number of aromatic hydroxyl groups is 1. The van der Waals surface area contributed by atoms with Gasteiger partial charge in [0.05, 0.1) is 10.6 Å². The van der Waals surface area contributed by atoms with Crippen molar-refractivity contribution in [2.45, 2.75) is 0 Å². The predicted molar refractivity (Wildman–Crippen MR) is 105 cm³/mol. The van der Waals surface area contributed by atoms with Crippen LogP contribution in [0.2, 0.25) is 0 Å². The highest BCUT2D eigenvalue weighted by atomic mass is 32.2. The molecule has 1 heterocycles. The summed E-state index contributed by atoms with van der Waals surface area (Å²) < 4.78 is 5.05. The lowest BCUT2D eigenvalue weighted by Crippen LogP contribution is -2.19. The predicted octanol–water partition coefficient (Wildman–Crippen LogP) is 2.45. The Morgan fingerprint density at radius 2 is 1.86 bits per heavy atom. The van der Waals surface area contributed by atoms with Crippen LogP contribution < -0.4 is 10.1 Å². The second-order valence-corrected chi connectivity index (χ2v) is 6.77. The van der Waals surface area contributed by atoms with Crippen molar-refractivity contribution in [2.24, 2.45) is 4.99 Å². The minimum atomic E-state index is -1.29. The highest BCUT2D eigenvalue weighted by Crippen LogP contribution is 2.30. The van der Waals surface area contributed by atoms with E-state index in [1.165, 1.54) is 18.2 Å². The molecule has 0 unspecified atom stereocenters. The third-order valence-corrected chi connectivity index (χ3v) is 4.54. The quantitative estimate of drug-likeness (QED) is 0.527. The number of carbonyl (C=O) groups excluding carboxylic acids is 1. The molecule has 0 radical (unpaired) electrons. The summed E-state index contributed by atoms with van der Waals surface area (Å²) >= 11 is 1.08. The van der Waals surface area contributed by atoms with Gasteiger partial charge in [-0.1, -0.05) is 12.1 Å². The van der Waals surface area contributed by atoms with Crippen molar-refractivity contribution in [1.29, 1.82) is 0 Å². The molecule has 2 aromatic rings. The molecule has 2 aromatic carbocycles. The average Bonchev–Trinajstić information content (AvgIpc) is 3.01. The molecule has 1 fully saturated rings. The van der Waals surface area contributed by atoms with E-state index in [9.17, 15) is 19.5 Å². The number of carboxylic acids is 2. The van der Waals surface area contributed by atoms with Crippen molar-refractivity contribution >= 4 is 46.5 Å². The number of phenols is 1. The summed E-state index contributed by atoms with van der Waals surface area (Å²) in [5.41, 5.74) is 0.677. The molecule has 0 aromatic heterocycles. The van der Waals surface area contributed by atoms with Crippen LogP contribution in [0.4, 0.5) is 5.69 Å². The van der Waals surface area contributed by atoms with E-state index in [1.807, 2.05) is 0 Å². The molecule has 0 atom stereocenters. The lowest BCUT2D eigenvalue weighted by Gasteiger charge is -2.03. The van der Waals surface area contributed by atoms with E-state index in [0.29, 0.717) is 16.2 Å². The summed E-state index contributed by atoms with van der Waals surface area (Å²) in [4.78, 5) is 38.3. The van der Waals surface area contributed by atoms with Gasteiger partial charge in [0, 0.05) is 0 Å². The summed E-state index contributed by atoms with van der Waals surface area (Å²) in [6, 6.07) is 10.4. The maximum atomic E-state index is 12.1. The van der Waals surface area contributed by atoms with Crippen molar-refractivity contribution in [1.82, 2.24) is 5.32 Å². The second-order valence-electron chi connectivity index (χ2n) is 5.74. The van der Waals surface area contributed by atoms with Crippen molar-refractivity contribution in [3.8, 4) is 11.5 Å². The van der Waals surface area contributed by atoms with E-state index in [2.05, 4.69) is 10.3 Å². The number of carboxylic acid groups (broad SMARTS) is 2. The Morgan fingerprint density at radius 1 is 1.14 bits per heavy atom. The zero-order chi connectivity index (χ0) is 21.0. The van der Waals surface area contributed by atoms with E-state index < -0.39 is 18.5 Å². The Morgan fingerprint density at radius 3 is 2.52 bits per heavy atom. The smallest absolute Gasteiger partial charge is 0.341 e. The van der Waals surface area contributed by atoms with Gasteiger partial charge < -0.3 is 25.4 Å². The first kappa shape index (κ1) is 20.0. The first-order chi connectivity index (χ1) is 13.8. The molecule has 1 aliphatic heterocycles. The Balaban J connectivity index is 1.74. The summed E-state index contributed by atoms with van der Waals surface area (Å²) in [7, 11) is 0. The SMILES string of the molecule is O=C(O)COc1ccc(/C=C2\SC(=Nc3ccc(O)c(C(=O)O)c3)NC2=O)cc1. The van der Waals surface area contributed by atoms with Gasteiger partial charge in [-0.25, -0.2) is 14.6 Å². The monoisotopic (exact) mass is 414 g/mol. The Labute approximate surface area is 168 Å². The van der Waals surface area contributed by atoms with Crippen molar-refractivity contribution < 1.29 is 34.4 Å². The molecule has 1 aliphatic rings. The number of hydrogen-bond donors (Lipinski definition) is 4. The number of aliphatic imine (C=N–C) groups is 1. The number of ether oxygens (including phenoxy) is 1. The van der Waals surface area contributed by atoms with E-state index in [4.69, 9.17) is 14.9 Å². The van der Waals surface area contributed by atoms with Crippen LogP contribution in [0.5, 0.6) is 11.5 Å². The summed E-state index contributed by atoms with van der Waals surface area (Å²) in [6.07, 6.45) is 1.63. The van der Waals surface area contributed by atoms with Crippen molar-refractivity contribution in [3.63, 3.8) is 0 Å². The molecule has 0 bridgehead atoms. The highest BCUT2D eigenvalue weighted by Gasteiger charge is 2.24.